The second-order valence-corrected chi connectivity index (χ2v) is 5.27. The standard InChI is InChI=1S/C13H17NO4/c1-13(2)9(6-10(13)16)14-12(18)7-4-3-5-8(15)11(7)17/h3-5,9-10,15-17H,6H2,1-2H3,(H,14,18). The third kappa shape index (κ3) is 1.90. The molecule has 2 atom stereocenters. The number of amides is 1. The molecule has 0 spiro atoms. The van der Waals surface area contributed by atoms with Gasteiger partial charge < -0.3 is 20.6 Å². The van der Waals surface area contributed by atoms with Gasteiger partial charge in [-0.1, -0.05) is 19.9 Å². The van der Waals surface area contributed by atoms with Crippen molar-refractivity contribution in [3.63, 3.8) is 0 Å². The number of hydrogen-bond acceptors (Lipinski definition) is 4. The molecular weight excluding hydrogens is 234 g/mol. The summed E-state index contributed by atoms with van der Waals surface area (Å²) < 4.78 is 0. The molecule has 2 rings (SSSR count). The Morgan fingerprint density at radius 3 is 2.61 bits per heavy atom. The van der Waals surface area contributed by atoms with Crippen LogP contribution in [0.4, 0.5) is 0 Å². The van der Waals surface area contributed by atoms with E-state index in [-0.39, 0.29) is 22.8 Å². The molecule has 0 bridgehead atoms. The van der Waals surface area contributed by atoms with Crippen LogP contribution in [-0.2, 0) is 0 Å². The van der Waals surface area contributed by atoms with Crippen molar-refractivity contribution in [3.8, 4) is 11.5 Å². The van der Waals surface area contributed by atoms with E-state index < -0.39 is 17.8 Å². The smallest absolute Gasteiger partial charge is 0.255 e. The van der Waals surface area contributed by atoms with Gasteiger partial charge in [0.25, 0.3) is 5.91 Å². The van der Waals surface area contributed by atoms with E-state index in [1.165, 1.54) is 18.2 Å². The maximum Gasteiger partial charge on any atom is 0.255 e. The molecule has 0 aliphatic heterocycles. The van der Waals surface area contributed by atoms with E-state index in [9.17, 15) is 20.1 Å². The highest BCUT2D eigenvalue weighted by Crippen LogP contribution is 2.40. The van der Waals surface area contributed by atoms with Gasteiger partial charge in [0, 0.05) is 11.5 Å². The van der Waals surface area contributed by atoms with Crippen LogP contribution in [-0.4, -0.2) is 33.4 Å². The average molecular weight is 251 g/mol. The van der Waals surface area contributed by atoms with Crippen LogP contribution in [0.2, 0.25) is 0 Å². The molecule has 4 N–H and O–H groups in total. The normalized spacial score (nSPS) is 25.3. The van der Waals surface area contributed by atoms with E-state index in [1.54, 1.807) is 0 Å². The van der Waals surface area contributed by atoms with Gasteiger partial charge in [-0.25, -0.2) is 0 Å². The topological polar surface area (TPSA) is 89.8 Å². The number of aromatic hydroxyl groups is 2. The fourth-order valence-electron chi connectivity index (χ4n) is 2.10. The fraction of sp³-hybridized carbons (Fsp3) is 0.462. The molecule has 1 aliphatic rings. The lowest BCUT2D eigenvalue weighted by molar-refractivity contribution is -0.0689. The van der Waals surface area contributed by atoms with E-state index in [0.29, 0.717) is 6.42 Å². The summed E-state index contributed by atoms with van der Waals surface area (Å²) in [6.45, 7) is 3.74. The number of para-hydroxylation sites is 1. The number of phenolic OH excluding ortho intramolecular Hbond substituents is 2. The van der Waals surface area contributed by atoms with Gasteiger partial charge in [-0.15, -0.1) is 0 Å². The van der Waals surface area contributed by atoms with Crippen molar-refractivity contribution in [3.05, 3.63) is 23.8 Å². The van der Waals surface area contributed by atoms with Crippen LogP contribution in [0.25, 0.3) is 0 Å². The minimum absolute atomic E-state index is 0.0344. The van der Waals surface area contributed by atoms with E-state index in [1.807, 2.05) is 13.8 Å². The summed E-state index contributed by atoms with van der Waals surface area (Å²) in [6, 6.07) is 4.10. The largest absolute Gasteiger partial charge is 0.504 e. The molecule has 1 amide bonds. The van der Waals surface area contributed by atoms with Gasteiger partial charge in [0.1, 0.15) is 0 Å². The lowest BCUT2D eigenvalue weighted by Crippen LogP contribution is -2.61. The van der Waals surface area contributed by atoms with Crippen LogP contribution in [0.3, 0.4) is 0 Å². The maximum atomic E-state index is 12.0. The molecule has 2 unspecified atom stereocenters. The van der Waals surface area contributed by atoms with E-state index in [2.05, 4.69) is 5.32 Å². The lowest BCUT2D eigenvalue weighted by atomic mass is 9.64. The quantitative estimate of drug-likeness (QED) is 0.590. The Hall–Kier alpha value is -1.75. The van der Waals surface area contributed by atoms with E-state index in [0.717, 1.165) is 0 Å². The first kappa shape index (κ1) is 12.7. The second-order valence-electron chi connectivity index (χ2n) is 5.27. The highest BCUT2D eigenvalue weighted by Gasteiger charge is 2.48. The first-order valence-corrected chi connectivity index (χ1v) is 5.84. The van der Waals surface area contributed by atoms with Crippen molar-refractivity contribution >= 4 is 5.91 Å². The Labute approximate surface area is 105 Å². The summed E-state index contributed by atoms with van der Waals surface area (Å²) in [6.07, 6.45) is 0.0683. The van der Waals surface area contributed by atoms with E-state index >= 15 is 0 Å². The van der Waals surface area contributed by atoms with Crippen molar-refractivity contribution in [2.24, 2.45) is 5.41 Å². The average Bonchev–Trinajstić information content (AvgIpc) is 2.32. The molecule has 1 saturated carbocycles. The third-order valence-corrected chi connectivity index (χ3v) is 3.78. The highest BCUT2D eigenvalue weighted by atomic mass is 16.3. The van der Waals surface area contributed by atoms with Crippen LogP contribution < -0.4 is 5.32 Å². The summed E-state index contributed by atoms with van der Waals surface area (Å²) in [5, 5.41) is 31.3. The Kier molecular flexibility index (Phi) is 2.94. The number of nitrogens with one attached hydrogen (secondary N) is 1. The zero-order valence-electron chi connectivity index (χ0n) is 10.3. The third-order valence-electron chi connectivity index (χ3n) is 3.78. The predicted octanol–water partition coefficient (Wildman–Crippen LogP) is 0.987. The molecule has 0 radical (unpaired) electrons. The number of carbonyl (C=O) groups excluding carboxylic acids is 1. The molecule has 98 valence electrons. The number of carbonyl (C=O) groups is 1. The minimum Gasteiger partial charge on any atom is -0.504 e. The molecule has 5 heteroatoms. The van der Waals surface area contributed by atoms with Crippen LogP contribution in [0, 0.1) is 5.41 Å². The maximum absolute atomic E-state index is 12.0. The molecule has 1 fully saturated rings. The summed E-state index contributed by atoms with van der Waals surface area (Å²) in [7, 11) is 0. The molecule has 18 heavy (non-hydrogen) atoms. The summed E-state index contributed by atoms with van der Waals surface area (Å²) in [5.41, 5.74) is -0.338. The van der Waals surface area contributed by atoms with Gasteiger partial charge in [-0.3, -0.25) is 4.79 Å². The summed E-state index contributed by atoms with van der Waals surface area (Å²) in [4.78, 5) is 12.0. The molecule has 0 saturated heterocycles. The van der Waals surface area contributed by atoms with Gasteiger partial charge in [0.15, 0.2) is 11.5 Å². The Morgan fingerprint density at radius 2 is 2.06 bits per heavy atom. The zero-order valence-corrected chi connectivity index (χ0v) is 10.3. The molecule has 1 aromatic carbocycles. The Bertz CT molecular complexity index is 484. The molecule has 0 aromatic heterocycles. The van der Waals surface area contributed by atoms with Crippen molar-refractivity contribution in [1.82, 2.24) is 5.32 Å². The molecule has 1 aliphatic carbocycles. The first-order valence-electron chi connectivity index (χ1n) is 5.84. The Morgan fingerprint density at radius 1 is 1.39 bits per heavy atom. The van der Waals surface area contributed by atoms with Crippen molar-refractivity contribution in [1.29, 1.82) is 0 Å². The highest BCUT2D eigenvalue weighted by molar-refractivity contribution is 5.97. The number of hydrogen-bond donors (Lipinski definition) is 4. The van der Waals surface area contributed by atoms with Crippen molar-refractivity contribution < 1.29 is 20.1 Å². The van der Waals surface area contributed by atoms with Crippen LogP contribution >= 0.6 is 0 Å². The van der Waals surface area contributed by atoms with Gasteiger partial charge in [0.2, 0.25) is 0 Å². The van der Waals surface area contributed by atoms with Crippen LogP contribution in [0.1, 0.15) is 30.6 Å². The van der Waals surface area contributed by atoms with Crippen molar-refractivity contribution in [2.75, 3.05) is 0 Å². The molecular formula is C13H17NO4. The van der Waals surface area contributed by atoms with Crippen LogP contribution in [0.5, 0.6) is 11.5 Å². The lowest BCUT2D eigenvalue weighted by Gasteiger charge is -2.49. The monoisotopic (exact) mass is 251 g/mol. The SMILES string of the molecule is CC1(C)C(O)CC1NC(=O)c1cccc(O)c1O. The molecule has 1 aromatic rings. The van der Waals surface area contributed by atoms with E-state index in [4.69, 9.17) is 0 Å². The first-order chi connectivity index (χ1) is 8.34. The second kappa shape index (κ2) is 4.17. The molecule has 0 heterocycles. The summed E-state index contributed by atoms with van der Waals surface area (Å²) in [5.74, 6) is -1.20. The minimum atomic E-state index is -0.451. The Balaban J connectivity index is 2.12. The number of aliphatic hydroxyl groups is 1. The van der Waals surface area contributed by atoms with Gasteiger partial charge in [-0.2, -0.15) is 0 Å². The fourth-order valence-corrected chi connectivity index (χ4v) is 2.10. The zero-order chi connectivity index (χ0) is 13.5. The van der Waals surface area contributed by atoms with Gasteiger partial charge in [0.05, 0.1) is 11.7 Å². The van der Waals surface area contributed by atoms with Crippen LogP contribution in [0.15, 0.2) is 18.2 Å². The predicted molar refractivity (Wildman–Crippen MR) is 65.4 cm³/mol. The number of benzene rings is 1. The summed E-state index contributed by atoms with van der Waals surface area (Å²) >= 11 is 0. The van der Waals surface area contributed by atoms with Gasteiger partial charge in [-0.05, 0) is 18.6 Å². The van der Waals surface area contributed by atoms with Gasteiger partial charge >= 0.3 is 0 Å². The van der Waals surface area contributed by atoms with Crippen molar-refractivity contribution in [2.45, 2.75) is 32.4 Å². The number of phenols is 2. The number of aliphatic hydroxyl groups excluding tert-OH is 1. The number of rotatable bonds is 2. The molecule has 5 nitrogen and oxygen atoms in total.